The highest BCUT2D eigenvalue weighted by Gasteiger charge is 2.53. The fourth-order valence-corrected chi connectivity index (χ4v) is 13.1. The van der Waals surface area contributed by atoms with Crippen LogP contribution in [-0.2, 0) is 10.8 Å². The number of nitrogens with zero attached hydrogens (tertiary/aromatic N) is 1. The Kier molecular flexibility index (Phi) is 7.54. The zero-order valence-electron chi connectivity index (χ0n) is 38.1. The van der Waals surface area contributed by atoms with E-state index in [1.54, 1.807) is 0 Å². The van der Waals surface area contributed by atoms with Crippen LogP contribution in [0.5, 0.6) is 0 Å². The summed E-state index contributed by atoms with van der Waals surface area (Å²) in [5.41, 5.74) is 24.2. The van der Waals surface area contributed by atoms with Crippen LogP contribution in [0.2, 0.25) is 0 Å². The van der Waals surface area contributed by atoms with Crippen molar-refractivity contribution >= 4 is 66.5 Å². The van der Waals surface area contributed by atoms with Gasteiger partial charge in [0, 0.05) is 55.0 Å². The van der Waals surface area contributed by atoms with E-state index in [2.05, 4.69) is 220 Å². The molecule has 68 heavy (non-hydrogen) atoms. The predicted molar refractivity (Wildman–Crippen MR) is 280 cm³/mol. The van der Waals surface area contributed by atoms with Gasteiger partial charge in [0.1, 0.15) is 22.3 Å². The Hall–Kier alpha value is -8.14. The monoisotopic (exact) mass is 871 g/mol. The average molecular weight is 872 g/mol. The highest BCUT2D eigenvalue weighted by atomic mass is 16.3. The van der Waals surface area contributed by atoms with E-state index >= 15 is 0 Å². The molecule has 0 amide bonds. The summed E-state index contributed by atoms with van der Waals surface area (Å²) in [5, 5.41) is 4.57. The highest BCUT2D eigenvalue weighted by Crippen LogP contribution is 2.66. The number of benzene rings is 9. The molecular weight excluding hydrogens is 827 g/mol. The molecule has 3 nitrogen and oxygen atoms in total. The minimum atomic E-state index is -0.562. The lowest BCUT2D eigenvalue weighted by molar-refractivity contribution is 0.640. The molecule has 1 spiro atoms. The molecule has 11 aromatic rings. The van der Waals surface area contributed by atoms with Crippen molar-refractivity contribution in [3.05, 3.63) is 239 Å². The summed E-state index contributed by atoms with van der Waals surface area (Å²) in [4.78, 5) is 2.52. The van der Waals surface area contributed by atoms with Crippen molar-refractivity contribution < 1.29 is 8.83 Å². The van der Waals surface area contributed by atoms with Gasteiger partial charge in [0.05, 0.1) is 11.1 Å². The molecule has 3 heteroatoms. The summed E-state index contributed by atoms with van der Waals surface area (Å²) < 4.78 is 13.4. The fraction of sp³-hybridized carbons (Fsp3) is 0.108. The number of hydrogen-bond donors (Lipinski definition) is 0. The Labute approximate surface area is 394 Å². The lowest BCUT2D eigenvalue weighted by atomic mass is 9.70. The summed E-state index contributed by atoms with van der Waals surface area (Å²) in [7, 11) is 0. The van der Waals surface area contributed by atoms with Crippen molar-refractivity contribution in [2.45, 2.75) is 38.0 Å². The molecule has 4 aliphatic rings. The van der Waals surface area contributed by atoms with Gasteiger partial charge in [-0.15, -0.1) is 0 Å². The molecule has 2 unspecified atom stereocenters. The summed E-state index contributed by atoms with van der Waals surface area (Å²) in [6.45, 7) is 7.15. The van der Waals surface area contributed by atoms with Crippen LogP contribution in [0.3, 0.4) is 0 Å². The van der Waals surface area contributed by atoms with Crippen molar-refractivity contribution in [3.63, 3.8) is 0 Å². The molecule has 4 aliphatic carbocycles. The molecule has 0 radical (unpaired) electrons. The molecule has 15 rings (SSSR count). The van der Waals surface area contributed by atoms with E-state index in [0.29, 0.717) is 5.92 Å². The third-order valence-electron chi connectivity index (χ3n) is 16.0. The number of para-hydroxylation sites is 3. The zero-order chi connectivity index (χ0) is 45.0. The van der Waals surface area contributed by atoms with Gasteiger partial charge in [0.25, 0.3) is 0 Å². The first-order valence-corrected chi connectivity index (χ1v) is 24.1. The second kappa shape index (κ2) is 13.5. The van der Waals surface area contributed by atoms with E-state index in [0.717, 1.165) is 78.5 Å². The molecule has 0 saturated heterocycles. The van der Waals surface area contributed by atoms with Gasteiger partial charge in [-0.25, -0.2) is 0 Å². The first-order valence-electron chi connectivity index (χ1n) is 24.1. The van der Waals surface area contributed by atoms with Gasteiger partial charge in [-0.3, -0.25) is 0 Å². The zero-order valence-corrected chi connectivity index (χ0v) is 38.1. The van der Waals surface area contributed by atoms with Crippen LogP contribution in [0.15, 0.2) is 215 Å². The summed E-state index contributed by atoms with van der Waals surface area (Å²) in [6.07, 6.45) is 6.07. The first kappa shape index (κ1) is 38.0. The standard InChI is InChI=1S/C65H45NO2/c1-38-26-34-51-50(36-38)43-32-31-41(37-56(43)64(51,2)3)66(40-29-27-39(28-30-40)42-18-12-19-46-44-14-6-10-24-58(44)67-62(42)46)57-23-13-22-54-60(57)48-16-4-8-20-52(48)65(54)53-21-9-5-17-49(53)61-55(65)35-33-47-45-15-7-11-25-59(45)68-63(47)61/h4-25,27-38H,26H2,1-3H3. The average Bonchev–Trinajstić information content (AvgIpc) is 4.15. The molecule has 0 bridgehead atoms. The van der Waals surface area contributed by atoms with Crippen molar-refractivity contribution in [2.24, 2.45) is 5.92 Å². The van der Waals surface area contributed by atoms with Gasteiger partial charge in [0.15, 0.2) is 0 Å². The van der Waals surface area contributed by atoms with Gasteiger partial charge in [0.2, 0.25) is 0 Å². The first-order chi connectivity index (χ1) is 33.4. The molecule has 0 fully saturated rings. The van der Waals surface area contributed by atoms with Crippen LogP contribution in [0, 0.1) is 5.92 Å². The van der Waals surface area contributed by atoms with Crippen molar-refractivity contribution in [1.29, 1.82) is 0 Å². The van der Waals surface area contributed by atoms with E-state index in [1.807, 2.05) is 6.07 Å². The number of fused-ring (bicyclic) bond motifs is 20. The molecule has 0 aliphatic heterocycles. The number of hydrogen-bond acceptors (Lipinski definition) is 3. The predicted octanol–water partition coefficient (Wildman–Crippen LogP) is 17.6. The third-order valence-corrected chi connectivity index (χ3v) is 16.0. The molecule has 322 valence electrons. The van der Waals surface area contributed by atoms with Crippen LogP contribution in [0.1, 0.15) is 60.6 Å². The molecule has 2 atom stereocenters. The van der Waals surface area contributed by atoms with Gasteiger partial charge < -0.3 is 13.7 Å². The molecular formula is C65H45NO2. The fourth-order valence-electron chi connectivity index (χ4n) is 13.1. The van der Waals surface area contributed by atoms with E-state index in [4.69, 9.17) is 8.83 Å². The van der Waals surface area contributed by atoms with Gasteiger partial charge >= 0.3 is 0 Å². The smallest absolute Gasteiger partial charge is 0.143 e. The summed E-state index contributed by atoms with van der Waals surface area (Å²) in [6, 6.07) is 69.5. The Morgan fingerprint density at radius 1 is 0.471 bits per heavy atom. The molecule has 9 aromatic carbocycles. The Bertz CT molecular complexity index is 4060. The van der Waals surface area contributed by atoms with Crippen LogP contribution in [0.25, 0.3) is 82.8 Å². The van der Waals surface area contributed by atoms with Crippen LogP contribution >= 0.6 is 0 Å². The second-order valence-corrected chi connectivity index (χ2v) is 19.9. The quantitative estimate of drug-likeness (QED) is 0.176. The largest absolute Gasteiger partial charge is 0.455 e. The minimum Gasteiger partial charge on any atom is -0.455 e. The Morgan fingerprint density at radius 2 is 1.06 bits per heavy atom. The topological polar surface area (TPSA) is 29.5 Å². The maximum absolute atomic E-state index is 6.86. The lowest BCUT2D eigenvalue weighted by Crippen LogP contribution is -2.26. The van der Waals surface area contributed by atoms with Gasteiger partial charge in [-0.2, -0.15) is 0 Å². The number of allylic oxidation sites excluding steroid dienone is 4. The normalized spacial score (nSPS) is 18.1. The molecule has 0 saturated carbocycles. The minimum absolute atomic E-state index is 0.132. The van der Waals surface area contributed by atoms with E-state index in [9.17, 15) is 0 Å². The third kappa shape index (κ3) is 4.83. The highest BCUT2D eigenvalue weighted by molar-refractivity contribution is 6.14. The summed E-state index contributed by atoms with van der Waals surface area (Å²) in [5.74, 6) is 0.517. The van der Waals surface area contributed by atoms with Crippen molar-refractivity contribution in [1.82, 2.24) is 0 Å². The number of rotatable bonds is 4. The van der Waals surface area contributed by atoms with Crippen LogP contribution in [0.4, 0.5) is 17.1 Å². The summed E-state index contributed by atoms with van der Waals surface area (Å²) >= 11 is 0. The lowest BCUT2D eigenvalue weighted by Gasteiger charge is -2.32. The van der Waals surface area contributed by atoms with E-state index in [-0.39, 0.29) is 5.41 Å². The van der Waals surface area contributed by atoms with Gasteiger partial charge in [-0.05, 0) is 116 Å². The second-order valence-electron chi connectivity index (χ2n) is 19.9. The van der Waals surface area contributed by atoms with E-state index in [1.165, 1.54) is 66.8 Å². The van der Waals surface area contributed by atoms with Crippen LogP contribution < -0.4 is 4.90 Å². The SMILES string of the molecule is CC1C=C2C(=CC1)C(C)(C)c1cc(N(c3ccc(-c4cccc5c4oc4ccccc45)cc3)c3cccc4c3-c3ccccc3C43c4ccccc4-c4c3ccc3c4oc4ccccc43)ccc12. The Balaban J connectivity index is 0.979. The van der Waals surface area contributed by atoms with Crippen LogP contribution in [-0.4, -0.2) is 0 Å². The van der Waals surface area contributed by atoms with Crippen molar-refractivity contribution in [2.75, 3.05) is 4.90 Å². The molecule has 2 heterocycles. The van der Waals surface area contributed by atoms with Gasteiger partial charge in [-0.1, -0.05) is 179 Å². The van der Waals surface area contributed by atoms with E-state index < -0.39 is 5.41 Å². The number of anilines is 3. The van der Waals surface area contributed by atoms with Crippen molar-refractivity contribution in [3.8, 4) is 33.4 Å². The maximum atomic E-state index is 6.86. The Morgan fingerprint density at radius 3 is 1.82 bits per heavy atom. The maximum Gasteiger partial charge on any atom is 0.143 e. The molecule has 0 N–H and O–H groups in total. The number of furan rings is 2. The molecule has 2 aromatic heterocycles.